The van der Waals surface area contributed by atoms with Crippen molar-refractivity contribution in [1.29, 1.82) is 0 Å². The first kappa shape index (κ1) is 27.1. The number of carbonyl (C=O) groups is 2. The second-order valence-corrected chi connectivity index (χ2v) is 7.63. The van der Waals surface area contributed by atoms with Crippen LogP contribution in [0.1, 0.15) is 74.7 Å². The first-order valence-electron chi connectivity index (χ1n) is 9.85. The summed E-state index contributed by atoms with van der Waals surface area (Å²) in [6.07, 6.45) is 1.57. The fourth-order valence-corrected chi connectivity index (χ4v) is 1.88. The number of ether oxygens (including phenoxy) is 2. The van der Waals surface area contributed by atoms with Crippen LogP contribution < -0.4 is 10.6 Å². The van der Waals surface area contributed by atoms with Crippen LogP contribution in [0.4, 0.5) is 0 Å². The summed E-state index contributed by atoms with van der Waals surface area (Å²) < 4.78 is 11.0. The maximum absolute atomic E-state index is 11.8. The molecule has 6 heteroatoms. The standard InChI is InChI=1S/C18H36N2O4.C2H6/c1-14(2)20-16(21)7-10-23-12-9-19-17(22)13-15(3)24-11-8-18(4,5)6;1-2/h14-15H,7-13H2,1-6H3,(H,19,22)(H,20,21);1-2H3. The Labute approximate surface area is 160 Å². The number of hydrogen-bond donors (Lipinski definition) is 2. The molecular weight excluding hydrogens is 332 g/mol. The van der Waals surface area contributed by atoms with E-state index in [9.17, 15) is 9.59 Å². The van der Waals surface area contributed by atoms with Crippen LogP contribution in [0.3, 0.4) is 0 Å². The lowest BCUT2D eigenvalue weighted by Crippen LogP contribution is -2.32. The summed E-state index contributed by atoms with van der Waals surface area (Å²) in [6, 6.07) is 0.143. The molecule has 0 aliphatic heterocycles. The molecule has 0 heterocycles. The van der Waals surface area contributed by atoms with Crippen molar-refractivity contribution in [3.05, 3.63) is 0 Å². The minimum atomic E-state index is -0.0898. The van der Waals surface area contributed by atoms with Gasteiger partial charge in [-0.1, -0.05) is 34.6 Å². The Morgan fingerprint density at radius 2 is 1.58 bits per heavy atom. The van der Waals surface area contributed by atoms with Gasteiger partial charge in [-0.2, -0.15) is 0 Å². The predicted molar refractivity (Wildman–Crippen MR) is 107 cm³/mol. The van der Waals surface area contributed by atoms with Gasteiger partial charge in [0.1, 0.15) is 0 Å². The maximum atomic E-state index is 11.8. The molecule has 0 spiro atoms. The van der Waals surface area contributed by atoms with Crippen molar-refractivity contribution in [2.24, 2.45) is 5.41 Å². The van der Waals surface area contributed by atoms with Gasteiger partial charge in [-0.25, -0.2) is 0 Å². The second kappa shape index (κ2) is 16.1. The number of amides is 2. The van der Waals surface area contributed by atoms with Crippen LogP contribution in [0.15, 0.2) is 0 Å². The van der Waals surface area contributed by atoms with Crippen molar-refractivity contribution in [2.75, 3.05) is 26.4 Å². The van der Waals surface area contributed by atoms with E-state index in [4.69, 9.17) is 9.47 Å². The van der Waals surface area contributed by atoms with E-state index in [1.165, 1.54) is 0 Å². The molecule has 0 aliphatic carbocycles. The fourth-order valence-electron chi connectivity index (χ4n) is 1.88. The van der Waals surface area contributed by atoms with E-state index in [0.29, 0.717) is 39.2 Å². The van der Waals surface area contributed by atoms with Crippen LogP contribution in [0.5, 0.6) is 0 Å². The van der Waals surface area contributed by atoms with Crippen molar-refractivity contribution >= 4 is 11.8 Å². The Morgan fingerprint density at radius 3 is 2.12 bits per heavy atom. The van der Waals surface area contributed by atoms with Crippen molar-refractivity contribution in [3.8, 4) is 0 Å². The minimum absolute atomic E-state index is 0.0183. The Bertz CT molecular complexity index is 365. The van der Waals surface area contributed by atoms with Gasteiger partial charge in [-0.15, -0.1) is 0 Å². The van der Waals surface area contributed by atoms with Crippen LogP contribution in [0, 0.1) is 5.41 Å². The third-order valence-electron chi connectivity index (χ3n) is 3.22. The molecule has 0 saturated carbocycles. The third kappa shape index (κ3) is 20.9. The summed E-state index contributed by atoms with van der Waals surface area (Å²) in [5.74, 6) is -0.0605. The van der Waals surface area contributed by atoms with Crippen molar-refractivity contribution < 1.29 is 19.1 Å². The highest BCUT2D eigenvalue weighted by molar-refractivity contribution is 5.76. The molecule has 0 aromatic rings. The molecule has 0 aromatic heterocycles. The van der Waals surface area contributed by atoms with E-state index >= 15 is 0 Å². The average Bonchev–Trinajstić information content (AvgIpc) is 2.50. The molecule has 2 amide bonds. The summed E-state index contributed by atoms with van der Waals surface area (Å²) in [5.41, 5.74) is 0.241. The first-order valence-corrected chi connectivity index (χ1v) is 9.85. The van der Waals surface area contributed by atoms with E-state index in [1.807, 2.05) is 34.6 Å². The smallest absolute Gasteiger partial charge is 0.222 e. The van der Waals surface area contributed by atoms with E-state index in [-0.39, 0.29) is 29.4 Å². The lowest BCUT2D eigenvalue weighted by atomic mass is 9.93. The molecule has 0 rings (SSSR count). The third-order valence-corrected chi connectivity index (χ3v) is 3.22. The molecule has 0 aromatic carbocycles. The SMILES string of the molecule is CC.CC(C)NC(=O)CCOCCNC(=O)CC(C)OCCC(C)(C)C. The Kier molecular flexibility index (Phi) is 16.7. The normalized spacial score (nSPS) is 12.2. The molecule has 1 atom stereocenters. The number of hydrogen-bond acceptors (Lipinski definition) is 4. The molecule has 0 saturated heterocycles. The summed E-state index contributed by atoms with van der Waals surface area (Å²) in [6.45, 7) is 18.1. The molecule has 6 nitrogen and oxygen atoms in total. The van der Waals surface area contributed by atoms with Gasteiger partial charge in [0.25, 0.3) is 0 Å². The van der Waals surface area contributed by atoms with Crippen LogP contribution in [0.2, 0.25) is 0 Å². The number of rotatable bonds is 12. The van der Waals surface area contributed by atoms with Gasteiger partial charge in [-0.3, -0.25) is 9.59 Å². The largest absolute Gasteiger partial charge is 0.379 e. The van der Waals surface area contributed by atoms with E-state index in [1.54, 1.807) is 0 Å². The molecule has 0 radical (unpaired) electrons. The Morgan fingerprint density at radius 1 is 0.962 bits per heavy atom. The van der Waals surface area contributed by atoms with Crippen LogP contribution in [0.25, 0.3) is 0 Å². The average molecular weight is 375 g/mol. The fraction of sp³-hybridized carbons (Fsp3) is 0.900. The topological polar surface area (TPSA) is 76.7 Å². The van der Waals surface area contributed by atoms with Crippen molar-refractivity contribution in [2.45, 2.75) is 86.8 Å². The van der Waals surface area contributed by atoms with Gasteiger partial charge in [0.15, 0.2) is 0 Å². The first-order chi connectivity index (χ1) is 12.1. The van der Waals surface area contributed by atoms with Gasteiger partial charge in [0.2, 0.25) is 11.8 Å². The lowest BCUT2D eigenvalue weighted by Gasteiger charge is -2.20. The molecule has 26 heavy (non-hydrogen) atoms. The van der Waals surface area contributed by atoms with Gasteiger partial charge in [-0.05, 0) is 32.6 Å². The van der Waals surface area contributed by atoms with Crippen molar-refractivity contribution in [3.63, 3.8) is 0 Å². The number of nitrogens with one attached hydrogen (secondary N) is 2. The van der Waals surface area contributed by atoms with Gasteiger partial charge in [0.05, 0.1) is 25.7 Å². The highest BCUT2D eigenvalue weighted by Crippen LogP contribution is 2.18. The second-order valence-electron chi connectivity index (χ2n) is 7.63. The number of carbonyl (C=O) groups excluding carboxylic acids is 2. The Hall–Kier alpha value is -1.14. The van der Waals surface area contributed by atoms with Gasteiger partial charge >= 0.3 is 0 Å². The molecule has 156 valence electrons. The zero-order chi connectivity index (χ0) is 20.6. The zero-order valence-electron chi connectivity index (χ0n) is 18.2. The summed E-state index contributed by atoms with van der Waals surface area (Å²) in [4.78, 5) is 23.2. The molecule has 0 aliphatic rings. The molecule has 0 bridgehead atoms. The van der Waals surface area contributed by atoms with E-state index in [2.05, 4.69) is 31.4 Å². The monoisotopic (exact) mass is 374 g/mol. The lowest BCUT2D eigenvalue weighted by molar-refractivity contribution is -0.125. The van der Waals surface area contributed by atoms with Gasteiger partial charge < -0.3 is 20.1 Å². The summed E-state index contributed by atoms with van der Waals surface area (Å²) in [7, 11) is 0. The zero-order valence-corrected chi connectivity index (χ0v) is 18.2. The van der Waals surface area contributed by atoms with Gasteiger partial charge in [0, 0.05) is 25.6 Å². The van der Waals surface area contributed by atoms with Crippen LogP contribution in [-0.2, 0) is 19.1 Å². The molecule has 1 unspecified atom stereocenters. The van der Waals surface area contributed by atoms with Crippen molar-refractivity contribution in [1.82, 2.24) is 10.6 Å². The molecular formula is C20H42N2O4. The minimum Gasteiger partial charge on any atom is -0.379 e. The predicted octanol–water partition coefficient (Wildman–Crippen LogP) is 3.29. The highest BCUT2D eigenvalue weighted by Gasteiger charge is 2.13. The summed E-state index contributed by atoms with van der Waals surface area (Å²) >= 11 is 0. The highest BCUT2D eigenvalue weighted by atomic mass is 16.5. The van der Waals surface area contributed by atoms with Crippen LogP contribution in [-0.4, -0.2) is 50.3 Å². The summed E-state index contributed by atoms with van der Waals surface area (Å²) in [5, 5.41) is 5.59. The maximum Gasteiger partial charge on any atom is 0.222 e. The molecule has 2 N–H and O–H groups in total. The van der Waals surface area contributed by atoms with Crippen LogP contribution >= 0.6 is 0 Å². The van der Waals surface area contributed by atoms with E-state index < -0.39 is 0 Å². The Balaban J connectivity index is 0. The van der Waals surface area contributed by atoms with E-state index in [0.717, 1.165) is 6.42 Å². The molecule has 0 fully saturated rings. The quantitative estimate of drug-likeness (QED) is 0.514.